The van der Waals surface area contributed by atoms with E-state index in [-0.39, 0.29) is 17.3 Å². The monoisotopic (exact) mass is 297 g/mol. The van der Waals surface area contributed by atoms with E-state index in [0.29, 0.717) is 18.4 Å². The van der Waals surface area contributed by atoms with E-state index in [9.17, 15) is 5.11 Å². The van der Waals surface area contributed by atoms with Gasteiger partial charge in [0, 0.05) is 25.6 Å². The van der Waals surface area contributed by atoms with Gasteiger partial charge in [0.15, 0.2) is 0 Å². The van der Waals surface area contributed by atoms with Crippen molar-refractivity contribution in [2.75, 3.05) is 29.9 Å². The molecular formula is C13H20ClN5O. The first-order valence-electron chi connectivity index (χ1n) is 7.31. The molecule has 6 nitrogen and oxygen atoms in total. The Morgan fingerprint density at radius 3 is 2.65 bits per heavy atom. The smallest absolute Gasteiger partial charge is 0.231 e. The molecule has 20 heavy (non-hydrogen) atoms. The number of hydrogen-bond acceptors (Lipinski definition) is 6. The summed E-state index contributed by atoms with van der Waals surface area (Å²) in [6.07, 6.45) is 5.15. The molecule has 3 rings (SSSR count). The summed E-state index contributed by atoms with van der Waals surface area (Å²) in [5.41, 5.74) is 0. The molecule has 2 aliphatic rings. The molecule has 110 valence electrons. The van der Waals surface area contributed by atoms with Gasteiger partial charge in [-0.1, -0.05) is 6.42 Å². The summed E-state index contributed by atoms with van der Waals surface area (Å²) in [6, 6.07) is 0. The molecule has 1 saturated carbocycles. The van der Waals surface area contributed by atoms with Gasteiger partial charge < -0.3 is 15.3 Å². The summed E-state index contributed by atoms with van der Waals surface area (Å²) in [4.78, 5) is 14.9. The van der Waals surface area contributed by atoms with Crippen LogP contribution < -0.4 is 10.2 Å². The van der Waals surface area contributed by atoms with Crippen LogP contribution in [-0.4, -0.2) is 45.8 Å². The van der Waals surface area contributed by atoms with Crippen molar-refractivity contribution < 1.29 is 5.11 Å². The lowest BCUT2D eigenvalue weighted by molar-refractivity contribution is 0.138. The molecule has 0 bridgehead atoms. The highest BCUT2D eigenvalue weighted by Gasteiger charge is 2.25. The highest BCUT2D eigenvalue weighted by molar-refractivity contribution is 6.28. The van der Waals surface area contributed by atoms with Gasteiger partial charge in [0.1, 0.15) is 0 Å². The van der Waals surface area contributed by atoms with Crippen LogP contribution in [0.25, 0.3) is 0 Å². The summed E-state index contributed by atoms with van der Waals surface area (Å²) in [7, 11) is 0. The predicted octanol–water partition coefficient (Wildman–Crippen LogP) is 1.70. The van der Waals surface area contributed by atoms with Crippen LogP contribution in [0, 0.1) is 5.92 Å². The van der Waals surface area contributed by atoms with E-state index in [4.69, 9.17) is 11.6 Å². The van der Waals surface area contributed by atoms with Crippen LogP contribution in [0.4, 0.5) is 11.9 Å². The number of hydrogen-bond donors (Lipinski definition) is 2. The molecule has 2 fully saturated rings. The zero-order chi connectivity index (χ0) is 13.9. The van der Waals surface area contributed by atoms with E-state index >= 15 is 0 Å². The van der Waals surface area contributed by atoms with Crippen LogP contribution in [0.15, 0.2) is 0 Å². The first kappa shape index (κ1) is 13.8. The Bertz CT molecular complexity index is 466. The molecule has 2 N–H and O–H groups in total. The molecule has 0 aromatic carbocycles. The highest BCUT2D eigenvalue weighted by Crippen LogP contribution is 2.26. The molecule has 1 aromatic heterocycles. The van der Waals surface area contributed by atoms with Gasteiger partial charge in [-0.15, -0.1) is 0 Å². The average Bonchev–Trinajstić information content (AvgIpc) is 3.07. The molecule has 1 aliphatic carbocycles. The van der Waals surface area contributed by atoms with E-state index in [2.05, 4.69) is 25.2 Å². The fraction of sp³-hybridized carbons (Fsp3) is 0.769. The first-order chi connectivity index (χ1) is 9.72. The van der Waals surface area contributed by atoms with Crippen molar-refractivity contribution in [1.82, 2.24) is 15.0 Å². The third kappa shape index (κ3) is 3.12. The van der Waals surface area contributed by atoms with Crippen LogP contribution in [0.1, 0.15) is 32.1 Å². The topological polar surface area (TPSA) is 74.2 Å². The number of nitrogens with one attached hydrogen (secondary N) is 1. The fourth-order valence-corrected chi connectivity index (χ4v) is 3.11. The summed E-state index contributed by atoms with van der Waals surface area (Å²) in [5.74, 6) is 1.43. The number of aliphatic hydroxyl groups excluding tert-OH is 1. The summed E-state index contributed by atoms with van der Waals surface area (Å²) in [5, 5.41) is 13.2. The molecule has 2 atom stereocenters. The third-order valence-corrected chi connectivity index (χ3v) is 4.30. The Morgan fingerprint density at radius 2 is 1.95 bits per heavy atom. The van der Waals surface area contributed by atoms with Crippen molar-refractivity contribution in [2.24, 2.45) is 5.92 Å². The number of aromatic nitrogens is 3. The minimum atomic E-state index is -0.210. The number of rotatable bonds is 4. The van der Waals surface area contributed by atoms with E-state index in [1.807, 2.05) is 0 Å². The van der Waals surface area contributed by atoms with Crippen LogP contribution >= 0.6 is 11.6 Å². The SMILES string of the molecule is OC1CCCC1CNc1nc(Cl)nc(N2CCCC2)n1. The lowest BCUT2D eigenvalue weighted by Crippen LogP contribution is -2.24. The molecule has 0 radical (unpaired) electrons. The Kier molecular flexibility index (Phi) is 4.21. The number of aliphatic hydroxyl groups is 1. The normalized spacial score (nSPS) is 26.2. The molecule has 2 heterocycles. The van der Waals surface area contributed by atoms with Crippen LogP contribution in [-0.2, 0) is 0 Å². The second-order valence-corrected chi connectivity index (χ2v) is 5.90. The maximum absolute atomic E-state index is 9.82. The van der Waals surface area contributed by atoms with Gasteiger partial charge in [-0.2, -0.15) is 15.0 Å². The van der Waals surface area contributed by atoms with Crippen molar-refractivity contribution >= 4 is 23.5 Å². The average molecular weight is 298 g/mol. The molecule has 2 unspecified atom stereocenters. The molecule has 7 heteroatoms. The number of anilines is 2. The summed E-state index contributed by atoms with van der Waals surface area (Å²) in [6.45, 7) is 2.63. The molecular weight excluding hydrogens is 278 g/mol. The maximum atomic E-state index is 9.82. The molecule has 1 aromatic rings. The molecule has 0 spiro atoms. The Morgan fingerprint density at radius 1 is 1.15 bits per heavy atom. The Balaban J connectivity index is 1.66. The van der Waals surface area contributed by atoms with Crippen molar-refractivity contribution in [1.29, 1.82) is 0 Å². The van der Waals surface area contributed by atoms with Gasteiger partial charge in [-0.25, -0.2) is 0 Å². The standard InChI is InChI=1S/C13H20ClN5O/c14-11-16-12(15-8-9-4-3-5-10(9)20)18-13(17-11)19-6-1-2-7-19/h9-10,20H,1-8H2,(H,15,16,17,18). The van der Waals surface area contributed by atoms with Gasteiger partial charge in [0.25, 0.3) is 0 Å². The van der Waals surface area contributed by atoms with Gasteiger partial charge in [-0.05, 0) is 37.3 Å². The van der Waals surface area contributed by atoms with Crippen LogP contribution in [0.2, 0.25) is 5.28 Å². The van der Waals surface area contributed by atoms with Gasteiger partial charge in [-0.3, -0.25) is 0 Å². The third-order valence-electron chi connectivity index (χ3n) is 4.13. The van der Waals surface area contributed by atoms with Crippen molar-refractivity contribution in [2.45, 2.75) is 38.2 Å². The lowest BCUT2D eigenvalue weighted by atomic mass is 10.1. The van der Waals surface area contributed by atoms with Crippen molar-refractivity contribution in [3.63, 3.8) is 0 Å². The quantitative estimate of drug-likeness (QED) is 0.881. The first-order valence-corrected chi connectivity index (χ1v) is 7.68. The van der Waals surface area contributed by atoms with E-state index < -0.39 is 0 Å². The van der Waals surface area contributed by atoms with Gasteiger partial charge >= 0.3 is 0 Å². The Hall–Kier alpha value is -1.14. The van der Waals surface area contributed by atoms with E-state index in [1.165, 1.54) is 12.8 Å². The zero-order valence-electron chi connectivity index (χ0n) is 11.4. The van der Waals surface area contributed by atoms with Crippen LogP contribution in [0.5, 0.6) is 0 Å². The minimum absolute atomic E-state index is 0.210. The largest absolute Gasteiger partial charge is 0.393 e. The van der Waals surface area contributed by atoms with Crippen LogP contribution in [0.3, 0.4) is 0 Å². The fourth-order valence-electron chi connectivity index (χ4n) is 2.95. The molecule has 1 aliphatic heterocycles. The second kappa shape index (κ2) is 6.10. The lowest BCUT2D eigenvalue weighted by Gasteiger charge is -2.17. The van der Waals surface area contributed by atoms with E-state index in [1.54, 1.807) is 0 Å². The Labute approximate surface area is 123 Å². The van der Waals surface area contributed by atoms with Gasteiger partial charge in [0.05, 0.1) is 6.10 Å². The van der Waals surface area contributed by atoms with Gasteiger partial charge in [0.2, 0.25) is 17.2 Å². The zero-order valence-corrected chi connectivity index (χ0v) is 12.2. The molecule has 0 amide bonds. The molecule has 1 saturated heterocycles. The van der Waals surface area contributed by atoms with Crippen molar-refractivity contribution in [3.05, 3.63) is 5.28 Å². The predicted molar refractivity (Wildman–Crippen MR) is 78.1 cm³/mol. The minimum Gasteiger partial charge on any atom is -0.393 e. The highest BCUT2D eigenvalue weighted by atomic mass is 35.5. The summed E-state index contributed by atoms with van der Waals surface area (Å²) >= 11 is 5.97. The summed E-state index contributed by atoms with van der Waals surface area (Å²) < 4.78 is 0. The van der Waals surface area contributed by atoms with Crippen molar-refractivity contribution in [3.8, 4) is 0 Å². The van der Waals surface area contributed by atoms with E-state index in [0.717, 1.165) is 32.4 Å². The second-order valence-electron chi connectivity index (χ2n) is 5.56. The maximum Gasteiger partial charge on any atom is 0.231 e. The number of nitrogens with zero attached hydrogens (tertiary/aromatic N) is 4. The number of halogens is 1.